The second kappa shape index (κ2) is 9.40. The summed E-state index contributed by atoms with van der Waals surface area (Å²) < 4.78 is 45.8. The molecule has 0 atom stereocenters. The van der Waals surface area contributed by atoms with E-state index in [1.54, 1.807) is 24.3 Å². The first-order valence-corrected chi connectivity index (χ1v) is 18.5. The van der Waals surface area contributed by atoms with Gasteiger partial charge in [0.05, 0.1) is 0 Å². The van der Waals surface area contributed by atoms with Crippen molar-refractivity contribution < 1.29 is 33.6 Å². The van der Waals surface area contributed by atoms with Crippen LogP contribution >= 0.6 is 0 Å². The third kappa shape index (κ3) is 3.79. The number of fused-ring (bicyclic) bond motifs is 3. The van der Waals surface area contributed by atoms with Gasteiger partial charge in [0, 0.05) is 0 Å². The summed E-state index contributed by atoms with van der Waals surface area (Å²) in [5, 5.41) is 0. The van der Waals surface area contributed by atoms with Crippen molar-refractivity contribution in [3.05, 3.63) is 135 Å². The molecule has 4 aromatic carbocycles. The van der Waals surface area contributed by atoms with E-state index < -0.39 is 19.2 Å². The molecule has 2 nitrogen and oxygen atoms in total. The summed E-state index contributed by atoms with van der Waals surface area (Å²) in [5.41, 5.74) is 4.85. The average Bonchev–Trinajstić information content (AvgIpc) is 3.60. The van der Waals surface area contributed by atoms with Crippen LogP contribution in [-0.2, 0) is 25.6 Å². The summed E-state index contributed by atoms with van der Waals surface area (Å²) in [6.07, 6.45) is 7.72. The van der Waals surface area contributed by atoms with Gasteiger partial charge in [0.15, 0.2) is 0 Å². The van der Waals surface area contributed by atoms with Crippen molar-refractivity contribution in [1.29, 1.82) is 0 Å². The maximum absolute atomic E-state index is 14.0. The van der Waals surface area contributed by atoms with Crippen molar-refractivity contribution in [1.82, 2.24) is 0 Å². The fourth-order valence-electron chi connectivity index (χ4n) is 6.05. The van der Waals surface area contributed by atoms with E-state index in [1.807, 2.05) is 6.08 Å². The Morgan fingerprint density at radius 2 is 1.32 bits per heavy atom. The Kier molecular flexibility index (Phi) is 6.15. The molecule has 0 aliphatic heterocycles. The molecule has 0 heterocycles. The molecule has 38 heavy (non-hydrogen) atoms. The van der Waals surface area contributed by atoms with Crippen molar-refractivity contribution in [3.63, 3.8) is 0 Å². The van der Waals surface area contributed by atoms with Crippen LogP contribution in [0.5, 0.6) is 11.5 Å². The summed E-state index contributed by atoms with van der Waals surface area (Å²) >= 11 is -5.46. The summed E-state index contributed by atoms with van der Waals surface area (Å²) in [4.78, 5) is 0. The van der Waals surface area contributed by atoms with Crippen molar-refractivity contribution >= 4 is 6.48 Å². The van der Waals surface area contributed by atoms with Gasteiger partial charge in [-0.1, -0.05) is 0 Å². The second-order valence-electron chi connectivity index (χ2n) is 10.2. The Balaban J connectivity index is 1.72. The molecule has 0 spiro atoms. The first-order chi connectivity index (χ1) is 18.4. The standard InChI is InChI=1S/C13H9.2C6H5FO.C5H5.C3H6.Zr/c1-3-7-12-10(5-1)9-11-6-2-4-8-13(11)12;2*7-5-1-3-6(8)4-2-5;1-2-4-5-3-1;1-3-2;/h1-5,7-8H,9H2;2*1-4,8H;1-3H,4H2;1-2H3;/q;;;;;+2/p-2. The minimum absolute atomic E-state index is 0.332. The first-order valence-electron chi connectivity index (χ1n) is 12.8. The number of halogens is 2. The van der Waals surface area contributed by atoms with Crippen molar-refractivity contribution in [2.24, 2.45) is 0 Å². The second-order valence-corrected chi connectivity index (χ2v) is 21.8. The van der Waals surface area contributed by atoms with Gasteiger partial charge < -0.3 is 0 Å². The Morgan fingerprint density at radius 1 is 0.711 bits per heavy atom. The molecule has 190 valence electrons. The van der Waals surface area contributed by atoms with Gasteiger partial charge in [0.25, 0.3) is 0 Å². The summed E-state index contributed by atoms with van der Waals surface area (Å²) in [5.74, 6) is 0.422. The molecule has 6 rings (SSSR count). The van der Waals surface area contributed by atoms with Crippen LogP contribution in [0.25, 0.3) is 11.1 Å². The van der Waals surface area contributed by atoms with E-state index in [0.29, 0.717) is 17.9 Å². The number of allylic oxidation sites excluding steroid dienone is 4. The minimum atomic E-state index is -5.46. The molecule has 0 N–H and O–H groups in total. The number of rotatable bonds is 6. The molecule has 0 fully saturated rings. The zero-order valence-electron chi connectivity index (χ0n) is 21.4. The van der Waals surface area contributed by atoms with Crippen LogP contribution in [0.3, 0.4) is 0 Å². The van der Waals surface area contributed by atoms with E-state index in [2.05, 4.69) is 68.5 Å². The van der Waals surface area contributed by atoms with E-state index >= 15 is 0 Å². The van der Waals surface area contributed by atoms with E-state index in [4.69, 9.17) is 5.63 Å². The molecular formula is C33H28F2O2Zr. The molecule has 2 aliphatic rings. The third-order valence-corrected chi connectivity index (χ3v) is 22.7. The summed E-state index contributed by atoms with van der Waals surface area (Å²) in [6.45, 7) is 4.16. The van der Waals surface area contributed by atoms with Crippen molar-refractivity contribution in [2.75, 3.05) is 0 Å². The van der Waals surface area contributed by atoms with Gasteiger partial charge in [-0.25, -0.2) is 0 Å². The predicted molar refractivity (Wildman–Crippen MR) is 147 cm³/mol. The monoisotopic (exact) mass is 584 g/mol. The van der Waals surface area contributed by atoms with Crippen LogP contribution in [0.15, 0.2) is 113 Å². The normalized spacial score (nSPS) is 14.1. The topological polar surface area (TPSA) is 18.5 Å². The molecule has 0 saturated carbocycles. The zero-order chi connectivity index (χ0) is 26.4. The van der Waals surface area contributed by atoms with Crippen LogP contribution in [0.1, 0.15) is 31.4 Å². The number of hydrogen-bond acceptors (Lipinski definition) is 2. The molecule has 0 unspecified atom stereocenters. The SMILES string of the molecule is C[C](C)=[Zr]([O]c1ccc(F)cc1)([O]c1ccc(F)cc1)([C]1=CC=CC1)[c]1cccc2c1Cc1ccccc1-2. The molecule has 5 heteroatoms. The third-order valence-electron chi connectivity index (χ3n) is 7.86. The fourth-order valence-corrected chi connectivity index (χ4v) is 20.0. The Hall–Kier alpha value is -3.43. The Bertz CT molecular complexity index is 1620. The van der Waals surface area contributed by atoms with E-state index in [-0.39, 0.29) is 11.6 Å². The van der Waals surface area contributed by atoms with Gasteiger partial charge in [-0.15, -0.1) is 0 Å². The molecule has 0 saturated heterocycles. The zero-order valence-corrected chi connectivity index (χ0v) is 23.8. The Labute approximate surface area is 223 Å². The van der Waals surface area contributed by atoms with Crippen molar-refractivity contribution in [2.45, 2.75) is 26.7 Å². The van der Waals surface area contributed by atoms with Gasteiger partial charge in [-0.3, -0.25) is 0 Å². The fraction of sp³-hybridized carbons (Fsp3) is 0.121. The van der Waals surface area contributed by atoms with Crippen LogP contribution < -0.4 is 8.90 Å². The van der Waals surface area contributed by atoms with Crippen LogP contribution in [0.2, 0.25) is 0 Å². The van der Waals surface area contributed by atoms with Gasteiger partial charge in [0.2, 0.25) is 0 Å². The maximum atomic E-state index is 14.0. The van der Waals surface area contributed by atoms with Gasteiger partial charge in [0.1, 0.15) is 0 Å². The predicted octanol–water partition coefficient (Wildman–Crippen LogP) is 7.89. The molecule has 2 aliphatic carbocycles. The van der Waals surface area contributed by atoms with Crippen molar-refractivity contribution in [3.8, 4) is 22.6 Å². The molecule has 0 bridgehead atoms. The van der Waals surface area contributed by atoms with Gasteiger partial charge in [-0.05, 0) is 0 Å². The van der Waals surface area contributed by atoms with Crippen LogP contribution in [0.4, 0.5) is 8.78 Å². The molecule has 4 aromatic rings. The average molecular weight is 586 g/mol. The molecular weight excluding hydrogens is 558 g/mol. The molecule has 0 radical (unpaired) electrons. The molecule has 0 amide bonds. The van der Waals surface area contributed by atoms with E-state index in [0.717, 1.165) is 16.2 Å². The summed E-state index contributed by atoms with van der Waals surface area (Å²) in [6, 6.07) is 27.2. The first kappa shape index (κ1) is 24.9. The molecule has 0 aromatic heterocycles. The van der Waals surface area contributed by atoms with E-state index in [1.165, 1.54) is 46.5 Å². The van der Waals surface area contributed by atoms with Gasteiger partial charge in [-0.2, -0.15) is 0 Å². The van der Waals surface area contributed by atoms with Crippen LogP contribution in [-0.4, -0.2) is 3.21 Å². The number of hydrogen-bond donors (Lipinski definition) is 0. The van der Waals surface area contributed by atoms with Crippen LogP contribution in [0, 0.1) is 11.6 Å². The summed E-state index contributed by atoms with van der Waals surface area (Å²) in [7, 11) is 0. The Morgan fingerprint density at radius 3 is 1.89 bits per heavy atom. The quantitative estimate of drug-likeness (QED) is 0.202. The van der Waals surface area contributed by atoms with E-state index in [9.17, 15) is 8.78 Å². The number of benzene rings is 4. The van der Waals surface area contributed by atoms with Gasteiger partial charge >= 0.3 is 225 Å².